The van der Waals surface area contributed by atoms with Gasteiger partial charge in [0.2, 0.25) is 0 Å². The van der Waals surface area contributed by atoms with Gasteiger partial charge >= 0.3 is 0 Å². The number of nitrogens with two attached hydrogens (primary N) is 1. The van der Waals surface area contributed by atoms with Crippen LogP contribution in [0.25, 0.3) is 0 Å². The lowest BCUT2D eigenvalue weighted by molar-refractivity contribution is 0.276. The quantitative estimate of drug-likeness (QED) is 0.817. The second-order valence-electron chi connectivity index (χ2n) is 4.82. The maximum Gasteiger partial charge on any atom is 0.0534 e. The average molecular weight is 258 g/mol. The summed E-state index contributed by atoms with van der Waals surface area (Å²) in [4.78, 5) is 2.38. The molecule has 2 aromatic rings. The van der Waals surface area contributed by atoms with E-state index >= 15 is 0 Å². The topological polar surface area (TPSA) is 47.1 Å². The molecule has 0 aliphatic rings. The highest BCUT2D eigenvalue weighted by atomic mass is 15.2. The minimum atomic E-state index is 0.690. The molecule has 0 atom stereocenters. The van der Waals surface area contributed by atoms with Gasteiger partial charge in [-0.05, 0) is 12.0 Å². The highest BCUT2D eigenvalue weighted by Crippen LogP contribution is 2.06. The molecule has 0 saturated heterocycles. The molecule has 2 N–H and O–H groups in total. The average Bonchev–Trinajstić information content (AvgIpc) is 2.83. The van der Waals surface area contributed by atoms with E-state index < -0.39 is 0 Å². The fourth-order valence-corrected chi connectivity index (χ4v) is 2.20. The third-order valence-electron chi connectivity index (χ3n) is 3.17. The van der Waals surface area contributed by atoms with Crippen molar-refractivity contribution < 1.29 is 0 Å². The summed E-state index contributed by atoms with van der Waals surface area (Å²) < 4.78 is 1.84. The molecule has 0 unspecified atom stereocenters. The zero-order valence-corrected chi connectivity index (χ0v) is 11.5. The summed E-state index contributed by atoms with van der Waals surface area (Å²) in [7, 11) is 1.95. The molecular weight excluding hydrogens is 236 g/mol. The highest BCUT2D eigenvalue weighted by molar-refractivity contribution is 5.15. The van der Waals surface area contributed by atoms with Gasteiger partial charge in [0.1, 0.15) is 0 Å². The number of rotatable bonds is 7. The van der Waals surface area contributed by atoms with Crippen molar-refractivity contribution in [3.8, 4) is 0 Å². The van der Waals surface area contributed by atoms with E-state index in [1.54, 1.807) is 0 Å². The van der Waals surface area contributed by atoms with Crippen LogP contribution < -0.4 is 5.73 Å². The molecule has 102 valence electrons. The lowest BCUT2D eigenvalue weighted by Crippen LogP contribution is -2.30. The Kier molecular flexibility index (Phi) is 5.12. The van der Waals surface area contributed by atoms with Crippen LogP contribution in [0, 0.1) is 0 Å². The molecule has 0 radical (unpaired) electrons. The summed E-state index contributed by atoms with van der Waals surface area (Å²) in [5.41, 5.74) is 8.31. The smallest absolute Gasteiger partial charge is 0.0534 e. The molecule has 0 spiro atoms. The third kappa shape index (κ3) is 4.50. The zero-order valence-electron chi connectivity index (χ0n) is 11.5. The van der Waals surface area contributed by atoms with Gasteiger partial charge in [-0.3, -0.25) is 9.58 Å². The van der Waals surface area contributed by atoms with E-state index in [9.17, 15) is 0 Å². The van der Waals surface area contributed by atoms with E-state index in [0.29, 0.717) is 6.54 Å². The maximum absolute atomic E-state index is 5.69. The molecule has 0 aliphatic carbocycles. The summed E-state index contributed by atoms with van der Waals surface area (Å²) in [6.45, 7) is 3.55. The molecule has 0 fully saturated rings. The monoisotopic (exact) mass is 258 g/mol. The van der Waals surface area contributed by atoms with Crippen LogP contribution in [0.2, 0.25) is 0 Å². The predicted octanol–water partition coefficient (Wildman–Crippen LogP) is 1.42. The summed E-state index contributed by atoms with van der Waals surface area (Å²) in [5, 5.41) is 4.21. The van der Waals surface area contributed by atoms with Gasteiger partial charge in [-0.25, -0.2) is 0 Å². The molecule has 2 rings (SSSR count). The standard InChI is InChI=1S/C15H22N4/c1-18-12-15(11-17-18)13-19(10-8-16)9-7-14-5-3-2-4-6-14/h2-6,11-12H,7-10,13,16H2,1H3. The molecule has 0 amide bonds. The fraction of sp³-hybridized carbons (Fsp3) is 0.400. The Morgan fingerprint density at radius 1 is 1.16 bits per heavy atom. The number of hydrogen-bond donors (Lipinski definition) is 1. The van der Waals surface area contributed by atoms with Crippen molar-refractivity contribution in [2.75, 3.05) is 19.6 Å². The van der Waals surface area contributed by atoms with Gasteiger partial charge in [-0.15, -0.1) is 0 Å². The highest BCUT2D eigenvalue weighted by Gasteiger charge is 2.06. The Hall–Kier alpha value is -1.65. The van der Waals surface area contributed by atoms with Crippen molar-refractivity contribution in [2.24, 2.45) is 12.8 Å². The maximum atomic E-state index is 5.69. The van der Waals surface area contributed by atoms with Crippen molar-refractivity contribution in [3.63, 3.8) is 0 Å². The normalized spacial score (nSPS) is 11.1. The Balaban J connectivity index is 1.89. The zero-order chi connectivity index (χ0) is 13.5. The minimum absolute atomic E-state index is 0.690. The number of benzene rings is 1. The van der Waals surface area contributed by atoms with Gasteiger partial charge in [-0.2, -0.15) is 5.10 Å². The Morgan fingerprint density at radius 3 is 2.58 bits per heavy atom. The van der Waals surface area contributed by atoms with Gasteiger partial charge < -0.3 is 5.73 Å². The molecule has 19 heavy (non-hydrogen) atoms. The van der Waals surface area contributed by atoms with Crippen LogP contribution in [-0.2, 0) is 20.0 Å². The van der Waals surface area contributed by atoms with E-state index in [1.165, 1.54) is 11.1 Å². The summed E-state index contributed by atoms with van der Waals surface area (Å²) in [5.74, 6) is 0. The number of hydrogen-bond acceptors (Lipinski definition) is 3. The largest absolute Gasteiger partial charge is 0.329 e. The van der Waals surface area contributed by atoms with E-state index in [-0.39, 0.29) is 0 Å². The molecule has 4 heteroatoms. The van der Waals surface area contributed by atoms with Gasteiger partial charge in [-0.1, -0.05) is 30.3 Å². The first kappa shape index (κ1) is 13.8. The molecule has 1 aromatic heterocycles. The van der Waals surface area contributed by atoms with Gasteiger partial charge in [0.25, 0.3) is 0 Å². The van der Waals surface area contributed by atoms with Crippen LogP contribution in [0.3, 0.4) is 0 Å². The van der Waals surface area contributed by atoms with E-state index in [2.05, 4.69) is 46.5 Å². The van der Waals surface area contributed by atoms with E-state index in [4.69, 9.17) is 5.73 Å². The van der Waals surface area contributed by atoms with Crippen molar-refractivity contribution in [1.29, 1.82) is 0 Å². The Labute approximate surface area is 114 Å². The number of aryl methyl sites for hydroxylation is 1. The van der Waals surface area contributed by atoms with Crippen LogP contribution in [0.5, 0.6) is 0 Å². The number of aromatic nitrogens is 2. The van der Waals surface area contributed by atoms with Gasteiger partial charge in [0.05, 0.1) is 6.20 Å². The summed E-state index contributed by atoms with van der Waals surface area (Å²) >= 11 is 0. The van der Waals surface area contributed by atoms with Crippen molar-refractivity contribution >= 4 is 0 Å². The second-order valence-corrected chi connectivity index (χ2v) is 4.82. The van der Waals surface area contributed by atoms with Crippen molar-refractivity contribution in [3.05, 3.63) is 53.9 Å². The first-order chi connectivity index (χ1) is 9.28. The summed E-state index contributed by atoms with van der Waals surface area (Å²) in [6.07, 6.45) is 5.04. The van der Waals surface area contributed by atoms with Crippen LogP contribution >= 0.6 is 0 Å². The van der Waals surface area contributed by atoms with Crippen LogP contribution in [0.1, 0.15) is 11.1 Å². The molecule has 4 nitrogen and oxygen atoms in total. The SMILES string of the molecule is Cn1cc(CN(CCN)CCc2ccccc2)cn1. The molecule has 1 aromatic carbocycles. The molecule has 0 aliphatic heterocycles. The van der Waals surface area contributed by atoms with Crippen LogP contribution in [0.4, 0.5) is 0 Å². The fourth-order valence-electron chi connectivity index (χ4n) is 2.20. The van der Waals surface area contributed by atoms with Gasteiger partial charge in [0, 0.05) is 45.0 Å². The molecule has 0 bridgehead atoms. The summed E-state index contributed by atoms with van der Waals surface area (Å²) in [6, 6.07) is 10.6. The molecule has 0 saturated carbocycles. The minimum Gasteiger partial charge on any atom is -0.329 e. The lowest BCUT2D eigenvalue weighted by Gasteiger charge is -2.20. The van der Waals surface area contributed by atoms with E-state index in [1.807, 2.05) is 17.9 Å². The molecular formula is C15H22N4. The van der Waals surface area contributed by atoms with Crippen molar-refractivity contribution in [1.82, 2.24) is 14.7 Å². The Morgan fingerprint density at radius 2 is 1.95 bits per heavy atom. The van der Waals surface area contributed by atoms with Crippen LogP contribution in [-0.4, -0.2) is 34.3 Å². The van der Waals surface area contributed by atoms with Gasteiger partial charge in [0.15, 0.2) is 0 Å². The van der Waals surface area contributed by atoms with Crippen LogP contribution in [0.15, 0.2) is 42.7 Å². The predicted molar refractivity (Wildman–Crippen MR) is 77.7 cm³/mol. The van der Waals surface area contributed by atoms with E-state index in [0.717, 1.165) is 26.1 Å². The first-order valence-electron chi connectivity index (χ1n) is 6.72. The third-order valence-corrected chi connectivity index (χ3v) is 3.17. The van der Waals surface area contributed by atoms with Crippen molar-refractivity contribution in [2.45, 2.75) is 13.0 Å². The number of nitrogens with zero attached hydrogens (tertiary/aromatic N) is 3. The molecule has 1 heterocycles. The first-order valence-corrected chi connectivity index (χ1v) is 6.72. The lowest BCUT2D eigenvalue weighted by atomic mass is 10.1. The second kappa shape index (κ2) is 7.07. The Bertz CT molecular complexity index is 478.